The van der Waals surface area contributed by atoms with E-state index in [-0.39, 0.29) is 0 Å². The van der Waals surface area contributed by atoms with Gasteiger partial charge in [-0.2, -0.15) is 5.10 Å². The molecule has 0 saturated heterocycles. The minimum Gasteiger partial charge on any atom is -0.268 e. The van der Waals surface area contributed by atoms with Crippen LogP contribution in [-0.2, 0) is 0 Å². The van der Waals surface area contributed by atoms with E-state index < -0.39 is 0 Å². The summed E-state index contributed by atoms with van der Waals surface area (Å²) in [5.41, 5.74) is 1.82. The van der Waals surface area contributed by atoms with Crippen molar-refractivity contribution < 1.29 is 0 Å². The van der Waals surface area contributed by atoms with Crippen molar-refractivity contribution in [3.8, 4) is 11.3 Å². The first-order valence-electron chi connectivity index (χ1n) is 3.82. The molecule has 3 nitrogen and oxygen atoms in total. The van der Waals surface area contributed by atoms with Gasteiger partial charge < -0.3 is 0 Å². The molecular formula is C9H7N3S. The van der Waals surface area contributed by atoms with Gasteiger partial charge in [-0.05, 0) is 18.2 Å². The van der Waals surface area contributed by atoms with Crippen LogP contribution >= 0.6 is 12.2 Å². The maximum Gasteiger partial charge on any atom is 0.120 e. The Labute approximate surface area is 80.5 Å². The second-order valence-electron chi connectivity index (χ2n) is 2.55. The molecule has 0 fully saturated rings. The Morgan fingerprint density at radius 1 is 1.31 bits per heavy atom. The molecule has 0 aliphatic carbocycles. The Bertz CT molecular complexity index is 450. The standard InChI is InChI=1S/C9H7N3S/c13-9-5-7(6-11-12-9)8-3-1-2-4-10-8/h1-6H,(H,12,13). The molecule has 0 atom stereocenters. The molecule has 2 aromatic rings. The minimum atomic E-state index is 0.614. The molecule has 0 aliphatic heterocycles. The van der Waals surface area contributed by atoms with Gasteiger partial charge in [0.05, 0.1) is 11.9 Å². The van der Waals surface area contributed by atoms with Crippen LogP contribution < -0.4 is 0 Å². The van der Waals surface area contributed by atoms with E-state index in [0.717, 1.165) is 11.3 Å². The van der Waals surface area contributed by atoms with Gasteiger partial charge in [-0.25, -0.2) is 0 Å². The maximum absolute atomic E-state index is 4.95. The van der Waals surface area contributed by atoms with Gasteiger partial charge in [0.2, 0.25) is 0 Å². The number of nitrogens with one attached hydrogen (secondary N) is 1. The third kappa shape index (κ3) is 1.78. The lowest BCUT2D eigenvalue weighted by Crippen LogP contribution is -1.85. The summed E-state index contributed by atoms with van der Waals surface area (Å²) in [4.78, 5) is 4.19. The van der Waals surface area contributed by atoms with E-state index in [2.05, 4.69) is 15.2 Å². The number of nitrogens with zero attached hydrogens (tertiary/aromatic N) is 2. The maximum atomic E-state index is 4.95. The molecular weight excluding hydrogens is 182 g/mol. The van der Waals surface area contributed by atoms with Crippen molar-refractivity contribution in [1.29, 1.82) is 0 Å². The van der Waals surface area contributed by atoms with Gasteiger partial charge in [0.15, 0.2) is 0 Å². The van der Waals surface area contributed by atoms with Crippen molar-refractivity contribution in [2.45, 2.75) is 0 Å². The van der Waals surface area contributed by atoms with Crippen LogP contribution in [0.2, 0.25) is 0 Å². The predicted octanol–water partition coefficient (Wildman–Crippen LogP) is 2.20. The molecule has 0 bridgehead atoms. The highest BCUT2D eigenvalue weighted by Crippen LogP contribution is 2.13. The number of hydrogen-bond donors (Lipinski definition) is 1. The summed E-state index contributed by atoms with van der Waals surface area (Å²) >= 11 is 4.95. The van der Waals surface area contributed by atoms with Crippen molar-refractivity contribution in [1.82, 2.24) is 15.2 Å². The number of aromatic amines is 1. The summed E-state index contributed by atoms with van der Waals surface area (Å²) in [6, 6.07) is 7.57. The fourth-order valence-electron chi connectivity index (χ4n) is 1.05. The first kappa shape index (κ1) is 8.07. The first-order chi connectivity index (χ1) is 6.36. The van der Waals surface area contributed by atoms with Gasteiger partial charge in [-0.15, -0.1) is 0 Å². The average Bonchev–Trinajstić information content (AvgIpc) is 2.19. The third-order valence-corrected chi connectivity index (χ3v) is 1.83. The quantitative estimate of drug-likeness (QED) is 0.699. The second kappa shape index (κ2) is 3.45. The van der Waals surface area contributed by atoms with Crippen LogP contribution in [0.4, 0.5) is 0 Å². The Hall–Kier alpha value is -1.55. The number of rotatable bonds is 1. The highest BCUT2D eigenvalue weighted by atomic mass is 32.1. The highest BCUT2D eigenvalue weighted by molar-refractivity contribution is 7.71. The predicted molar refractivity (Wildman–Crippen MR) is 52.7 cm³/mol. The molecule has 1 N–H and O–H groups in total. The molecule has 2 aromatic heterocycles. The number of H-pyrrole nitrogens is 1. The van der Waals surface area contributed by atoms with Gasteiger partial charge in [-0.1, -0.05) is 18.3 Å². The molecule has 0 spiro atoms. The molecule has 2 rings (SSSR count). The summed E-state index contributed by atoms with van der Waals surface area (Å²) in [6.07, 6.45) is 3.45. The monoisotopic (exact) mass is 189 g/mol. The largest absolute Gasteiger partial charge is 0.268 e. The molecule has 4 heteroatoms. The van der Waals surface area contributed by atoms with E-state index >= 15 is 0 Å². The van der Waals surface area contributed by atoms with Crippen LogP contribution in [0.5, 0.6) is 0 Å². The van der Waals surface area contributed by atoms with E-state index in [1.165, 1.54) is 0 Å². The van der Waals surface area contributed by atoms with Crippen molar-refractivity contribution in [3.63, 3.8) is 0 Å². The second-order valence-corrected chi connectivity index (χ2v) is 2.99. The SMILES string of the molecule is S=c1cc(-c2ccccn2)cn[nH]1. The molecule has 0 unspecified atom stereocenters. The van der Waals surface area contributed by atoms with Gasteiger partial charge >= 0.3 is 0 Å². The Morgan fingerprint density at radius 3 is 2.92 bits per heavy atom. The van der Waals surface area contributed by atoms with Gasteiger partial charge in [-0.3, -0.25) is 10.1 Å². The molecule has 0 aliphatic rings. The fourth-order valence-corrected chi connectivity index (χ4v) is 1.23. The van der Waals surface area contributed by atoms with Crippen LogP contribution in [0, 0.1) is 4.64 Å². The smallest absolute Gasteiger partial charge is 0.120 e. The van der Waals surface area contributed by atoms with Crippen molar-refractivity contribution in [2.75, 3.05) is 0 Å². The summed E-state index contributed by atoms with van der Waals surface area (Å²) < 4.78 is 0.614. The molecule has 13 heavy (non-hydrogen) atoms. The van der Waals surface area contributed by atoms with E-state index in [9.17, 15) is 0 Å². The average molecular weight is 189 g/mol. The van der Waals surface area contributed by atoms with Crippen molar-refractivity contribution in [3.05, 3.63) is 41.3 Å². The van der Waals surface area contributed by atoms with Crippen LogP contribution in [0.15, 0.2) is 36.7 Å². The van der Waals surface area contributed by atoms with E-state index in [1.54, 1.807) is 12.4 Å². The summed E-state index contributed by atoms with van der Waals surface area (Å²) in [6.45, 7) is 0. The third-order valence-electron chi connectivity index (χ3n) is 1.63. The Balaban J connectivity index is 2.54. The topological polar surface area (TPSA) is 41.6 Å². The van der Waals surface area contributed by atoms with Gasteiger partial charge in [0, 0.05) is 11.8 Å². The zero-order chi connectivity index (χ0) is 9.10. The Kier molecular flexibility index (Phi) is 2.14. The molecule has 0 radical (unpaired) electrons. The molecule has 0 amide bonds. The van der Waals surface area contributed by atoms with Crippen LogP contribution in [0.25, 0.3) is 11.3 Å². The zero-order valence-electron chi connectivity index (χ0n) is 6.77. The molecule has 2 heterocycles. The number of aromatic nitrogens is 3. The van der Waals surface area contributed by atoms with Crippen molar-refractivity contribution >= 4 is 12.2 Å². The number of pyridine rings is 1. The van der Waals surface area contributed by atoms with Crippen LogP contribution in [0.1, 0.15) is 0 Å². The highest BCUT2D eigenvalue weighted by Gasteiger charge is 1.96. The van der Waals surface area contributed by atoms with Gasteiger partial charge in [0.1, 0.15) is 4.64 Å². The summed E-state index contributed by atoms with van der Waals surface area (Å²) in [5.74, 6) is 0. The van der Waals surface area contributed by atoms with E-state index in [0.29, 0.717) is 4.64 Å². The molecule has 64 valence electrons. The van der Waals surface area contributed by atoms with E-state index in [1.807, 2.05) is 24.3 Å². The summed E-state index contributed by atoms with van der Waals surface area (Å²) in [7, 11) is 0. The normalized spacial score (nSPS) is 9.85. The number of hydrogen-bond acceptors (Lipinski definition) is 3. The molecule has 0 aromatic carbocycles. The lowest BCUT2D eigenvalue weighted by molar-refractivity contribution is 1.02. The van der Waals surface area contributed by atoms with Crippen molar-refractivity contribution in [2.24, 2.45) is 0 Å². The summed E-state index contributed by atoms with van der Waals surface area (Å²) in [5, 5.41) is 6.57. The minimum absolute atomic E-state index is 0.614. The lowest BCUT2D eigenvalue weighted by Gasteiger charge is -1.97. The molecule has 0 saturated carbocycles. The first-order valence-corrected chi connectivity index (χ1v) is 4.23. The Morgan fingerprint density at radius 2 is 2.23 bits per heavy atom. The van der Waals surface area contributed by atoms with Crippen LogP contribution in [-0.4, -0.2) is 15.2 Å². The van der Waals surface area contributed by atoms with E-state index in [4.69, 9.17) is 12.2 Å². The van der Waals surface area contributed by atoms with Gasteiger partial charge in [0.25, 0.3) is 0 Å². The fraction of sp³-hybridized carbons (Fsp3) is 0. The zero-order valence-corrected chi connectivity index (χ0v) is 7.58. The van der Waals surface area contributed by atoms with Crippen LogP contribution in [0.3, 0.4) is 0 Å². The lowest BCUT2D eigenvalue weighted by atomic mass is 10.2.